The van der Waals surface area contributed by atoms with Crippen molar-refractivity contribution >= 4 is 11.6 Å². The number of aryl methyl sites for hydroxylation is 1. The summed E-state index contributed by atoms with van der Waals surface area (Å²) in [6.07, 6.45) is 0. The van der Waals surface area contributed by atoms with Gasteiger partial charge in [-0.3, -0.25) is 9.80 Å². The largest absolute Gasteiger partial charge is 0.496 e. The van der Waals surface area contributed by atoms with Gasteiger partial charge in [-0.05, 0) is 31.2 Å². The molecule has 1 aliphatic heterocycles. The van der Waals surface area contributed by atoms with Gasteiger partial charge in [-0.1, -0.05) is 35.9 Å². The van der Waals surface area contributed by atoms with Gasteiger partial charge in [0.1, 0.15) is 11.5 Å². The predicted molar refractivity (Wildman–Crippen MR) is 115 cm³/mol. The average Bonchev–Trinajstić information content (AvgIpc) is 3.10. The molecule has 0 atom stereocenters. The van der Waals surface area contributed by atoms with E-state index >= 15 is 0 Å². The van der Waals surface area contributed by atoms with E-state index in [1.54, 1.807) is 7.11 Å². The van der Waals surface area contributed by atoms with Crippen molar-refractivity contribution in [3.63, 3.8) is 0 Å². The van der Waals surface area contributed by atoms with Gasteiger partial charge in [-0.15, -0.1) is 0 Å². The summed E-state index contributed by atoms with van der Waals surface area (Å²) in [6, 6.07) is 15.9. The number of hydrogen-bond donors (Lipinski definition) is 0. The zero-order valence-corrected chi connectivity index (χ0v) is 17.7. The second-order valence-electron chi connectivity index (χ2n) is 7.40. The first kappa shape index (κ1) is 20.0. The van der Waals surface area contributed by atoms with Crippen molar-refractivity contribution in [2.75, 3.05) is 33.3 Å². The highest BCUT2D eigenvalue weighted by Crippen LogP contribution is 2.25. The van der Waals surface area contributed by atoms with E-state index < -0.39 is 0 Å². The molecular formula is C23H26ClN3O2. The minimum Gasteiger partial charge on any atom is -0.496 e. The second-order valence-corrected chi connectivity index (χ2v) is 7.83. The molecule has 1 aromatic heterocycles. The van der Waals surface area contributed by atoms with Gasteiger partial charge < -0.3 is 9.15 Å². The lowest BCUT2D eigenvalue weighted by Gasteiger charge is -2.34. The molecule has 0 unspecified atom stereocenters. The molecule has 0 N–H and O–H groups in total. The number of para-hydroxylation sites is 1. The van der Waals surface area contributed by atoms with E-state index in [1.807, 2.05) is 43.3 Å². The molecule has 5 nitrogen and oxygen atoms in total. The maximum atomic E-state index is 6.10. The molecule has 0 bridgehead atoms. The Morgan fingerprint density at radius 3 is 2.45 bits per heavy atom. The van der Waals surface area contributed by atoms with Crippen LogP contribution in [-0.4, -0.2) is 48.1 Å². The van der Waals surface area contributed by atoms with Crippen LogP contribution in [0.25, 0.3) is 11.5 Å². The average molecular weight is 412 g/mol. The molecule has 6 heteroatoms. The Morgan fingerprint density at radius 1 is 1.00 bits per heavy atom. The quantitative estimate of drug-likeness (QED) is 0.591. The van der Waals surface area contributed by atoms with Gasteiger partial charge in [-0.2, -0.15) is 0 Å². The first-order chi connectivity index (χ1) is 14.1. The number of ether oxygens (including phenoxy) is 1. The molecule has 29 heavy (non-hydrogen) atoms. The third kappa shape index (κ3) is 4.81. The Bertz CT molecular complexity index is 964. The lowest BCUT2D eigenvalue weighted by atomic mass is 10.1. The van der Waals surface area contributed by atoms with Gasteiger partial charge in [0, 0.05) is 55.4 Å². The maximum absolute atomic E-state index is 6.10. The summed E-state index contributed by atoms with van der Waals surface area (Å²) in [7, 11) is 1.73. The fourth-order valence-electron chi connectivity index (χ4n) is 3.71. The fraction of sp³-hybridized carbons (Fsp3) is 0.348. The zero-order valence-electron chi connectivity index (χ0n) is 16.9. The highest BCUT2D eigenvalue weighted by Gasteiger charge is 2.21. The number of methoxy groups -OCH3 is 1. The third-order valence-corrected chi connectivity index (χ3v) is 5.62. The molecule has 0 saturated carbocycles. The molecule has 4 rings (SSSR count). The van der Waals surface area contributed by atoms with Crippen molar-refractivity contribution in [2.24, 2.45) is 0 Å². The van der Waals surface area contributed by atoms with E-state index in [0.717, 1.165) is 62.0 Å². The number of hydrogen-bond acceptors (Lipinski definition) is 5. The van der Waals surface area contributed by atoms with Crippen molar-refractivity contribution in [1.82, 2.24) is 14.8 Å². The Hall–Kier alpha value is -2.34. The number of aromatic nitrogens is 1. The fourth-order valence-corrected chi connectivity index (χ4v) is 3.90. The molecule has 152 valence electrons. The van der Waals surface area contributed by atoms with Gasteiger partial charge >= 0.3 is 0 Å². The van der Waals surface area contributed by atoms with Crippen molar-refractivity contribution in [3.05, 3.63) is 70.6 Å². The minimum absolute atomic E-state index is 0.634. The Balaban J connectivity index is 1.35. The second kappa shape index (κ2) is 8.99. The van der Waals surface area contributed by atoms with Crippen LogP contribution in [0.15, 0.2) is 52.9 Å². The monoisotopic (exact) mass is 411 g/mol. The summed E-state index contributed by atoms with van der Waals surface area (Å²) in [4.78, 5) is 9.64. The van der Waals surface area contributed by atoms with Crippen LogP contribution in [0, 0.1) is 6.92 Å². The Kier molecular flexibility index (Phi) is 6.19. The summed E-state index contributed by atoms with van der Waals surface area (Å²) >= 11 is 6.10. The topological polar surface area (TPSA) is 41.7 Å². The van der Waals surface area contributed by atoms with Gasteiger partial charge in [0.05, 0.1) is 12.8 Å². The van der Waals surface area contributed by atoms with E-state index in [4.69, 9.17) is 25.7 Å². The van der Waals surface area contributed by atoms with Gasteiger partial charge in [-0.25, -0.2) is 4.98 Å². The maximum Gasteiger partial charge on any atom is 0.226 e. The van der Waals surface area contributed by atoms with Gasteiger partial charge in [0.2, 0.25) is 5.89 Å². The van der Waals surface area contributed by atoms with E-state index in [2.05, 4.69) is 21.9 Å². The number of piperazine rings is 1. The zero-order chi connectivity index (χ0) is 20.2. The van der Waals surface area contributed by atoms with Crippen molar-refractivity contribution in [2.45, 2.75) is 20.0 Å². The van der Waals surface area contributed by atoms with Crippen molar-refractivity contribution in [3.8, 4) is 17.2 Å². The highest BCUT2D eigenvalue weighted by molar-refractivity contribution is 6.30. The molecule has 0 spiro atoms. The molecule has 3 aromatic rings. The number of nitrogens with zero attached hydrogens (tertiary/aromatic N) is 3. The Labute approximate surface area is 176 Å². The third-order valence-electron chi connectivity index (χ3n) is 5.39. The highest BCUT2D eigenvalue weighted by atomic mass is 35.5. The summed E-state index contributed by atoms with van der Waals surface area (Å²) in [5, 5.41) is 0.686. The minimum atomic E-state index is 0.634. The normalized spacial score (nSPS) is 15.6. The summed E-state index contributed by atoms with van der Waals surface area (Å²) < 4.78 is 11.4. The lowest BCUT2D eigenvalue weighted by molar-refractivity contribution is 0.120. The number of benzene rings is 2. The first-order valence-electron chi connectivity index (χ1n) is 9.91. The van der Waals surface area contributed by atoms with Crippen molar-refractivity contribution < 1.29 is 9.15 Å². The van der Waals surface area contributed by atoms with Crippen LogP contribution < -0.4 is 4.74 Å². The molecule has 1 fully saturated rings. The Morgan fingerprint density at radius 2 is 1.72 bits per heavy atom. The SMILES string of the molecule is COc1ccccc1CN1CCN(Cc2nc(-c3cccc(Cl)c3)oc2C)CC1. The molecule has 1 saturated heterocycles. The van der Waals surface area contributed by atoms with Crippen LogP contribution >= 0.6 is 11.6 Å². The van der Waals surface area contributed by atoms with Gasteiger partial charge in [0.25, 0.3) is 0 Å². The first-order valence-corrected chi connectivity index (χ1v) is 10.3. The van der Waals surface area contributed by atoms with Gasteiger partial charge in [0.15, 0.2) is 0 Å². The smallest absolute Gasteiger partial charge is 0.226 e. The molecule has 0 aliphatic carbocycles. The molecule has 2 heterocycles. The molecule has 2 aromatic carbocycles. The van der Waals surface area contributed by atoms with E-state index in [9.17, 15) is 0 Å². The summed E-state index contributed by atoms with van der Waals surface area (Å²) in [6.45, 7) is 7.76. The summed E-state index contributed by atoms with van der Waals surface area (Å²) in [5.41, 5.74) is 3.15. The van der Waals surface area contributed by atoms with Crippen LogP contribution in [-0.2, 0) is 13.1 Å². The van der Waals surface area contributed by atoms with E-state index in [1.165, 1.54) is 5.56 Å². The van der Waals surface area contributed by atoms with Crippen LogP contribution in [0.2, 0.25) is 5.02 Å². The number of oxazole rings is 1. The molecule has 0 amide bonds. The predicted octanol–water partition coefficient (Wildman–Crippen LogP) is 4.63. The van der Waals surface area contributed by atoms with Crippen molar-refractivity contribution in [1.29, 1.82) is 0 Å². The standard InChI is InChI=1S/C23H26ClN3O2/c1-17-21(25-23(29-17)18-7-5-8-20(24)14-18)16-27-12-10-26(11-13-27)15-19-6-3-4-9-22(19)28-2/h3-9,14H,10-13,15-16H2,1-2H3. The molecule has 1 aliphatic rings. The number of halogens is 1. The van der Waals surface area contributed by atoms with Crippen LogP contribution in [0.3, 0.4) is 0 Å². The van der Waals surface area contributed by atoms with E-state index in [0.29, 0.717) is 10.9 Å². The number of rotatable bonds is 6. The van der Waals surface area contributed by atoms with Crippen LogP contribution in [0.4, 0.5) is 0 Å². The van der Waals surface area contributed by atoms with Crippen LogP contribution in [0.5, 0.6) is 5.75 Å². The van der Waals surface area contributed by atoms with Crippen LogP contribution in [0.1, 0.15) is 17.0 Å². The van der Waals surface area contributed by atoms with E-state index in [-0.39, 0.29) is 0 Å². The summed E-state index contributed by atoms with van der Waals surface area (Å²) in [5.74, 6) is 2.47. The molecular weight excluding hydrogens is 386 g/mol. The lowest BCUT2D eigenvalue weighted by Crippen LogP contribution is -2.45. The molecule has 0 radical (unpaired) electrons.